The Morgan fingerprint density at radius 2 is 1.57 bits per heavy atom. The van der Waals surface area contributed by atoms with Crippen LogP contribution in [0.2, 0.25) is 0 Å². The molecule has 228 valence electrons. The molecule has 4 fully saturated rings. The first-order valence-electron chi connectivity index (χ1n) is 16.7. The molecule has 3 atom stereocenters. The predicted molar refractivity (Wildman–Crippen MR) is 171 cm³/mol. The maximum absolute atomic E-state index is 12.7. The highest BCUT2D eigenvalue weighted by atomic mass is 16.6. The number of ether oxygens (including phenoxy) is 1. The van der Waals surface area contributed by atoms with Gasteiger partial charge in [0.2, 0.25) is 0 Å². The van der Waals surface area contributed by atoms with Crippen LogP contribution in [0, 0.1) is 5.41 Å². The van der Waals surface area contributed by atoms with Gasteiger partial charge in [-0.15, -0.1) is 0 Å². The molecule has 6 rings (SSSR count). The molecule has 0 aromatic heterocycles. The molecule has 0 N–H and O–H groups in total. The first kappa shape index (κ1) is 29.7. The van der Waals surface area contributed by atoms with Crippen molar-refractivity contribution in [3.05, 3.63) is 71.3 Å². The van der Waals surface area contributed by atoms with E-state index in [4.69, 9.17) is 4.74 Å². The summed E-state index contributed by atoms with van der Waals surface area (Å²) in [6.45, 7) is 15.7. The van der Waals surface area contributed by atoms with E-state index < -0.39 is 5.60 Å². The minimum Gasteiger partial charge on any atom is -0.444 e. The number of amides is 1. The molecule has 5 nitrogen and oxygen atoms in total. The Morgan fingerprint density at radius 1 is 0.881 bits per heavy atom. The van der Waals surface area contributed by atoms with Crippen LogP contribution in [-0.2, 0) is 4.74 Å². The number of hydrogen-bond donors (Lipinski definition) is 0. The van der Waals surface area contributed by atoms with Crippen molar-refractivity contribution in [2.45, 2.75) is 115 Å². The molecular weight excluding hydrogens is 518 g/mol. The Kier molecular flexibility index (Phi) is 8.45. The normalized spacial score (nSPS) is 27.4. The fraction of sp³-hybridized carbons (Fsp3) is 0.649. The van der Waals surface area contributed by atoms with Gasteiger partial charge in [-0.25, -0.2) is 4.79 Å². The van der Waals surface area contributed by atoms with Crippen molar-refractivity contribution in [1.82, 2.24) is 14.7 Å². The molecule has 2 aliphatic heterocycles. The highest BCUT2D eigenvalue weighted by Crippen LogP contribution is 2.53. The zero-order chi connectivity index (χ0) is 29.5. The summed E-state index contributed by atoms with van der Waals surface area (Å²) in [4.78, 5) is 20.4. The number of likely N-dealkylation sites (tertiary alicyclic amines) is 1. The van der Waals surface area contributed by atoms with E-state index in [1.54, 1.807) is 5.56 Å². The number of carbonyl (C=O) groups is 1. The molecule has 4 aliphatic rings. The number of carbonyl (C=O) groups excluding carboxylic acids is 1. The molecule has 3 unspecified atom stereocenters. The molecule has 42 heavy (non-hydrogen) atoms. The lowest BCUT2D eigenvalue weighted by Crippen LogP contribution is -2.61. The zero-order valence-corrected chi connectivity index (χ0v) is 26.7. The molecule has 2 aromatic rings. The average Bonchev–Trinajstić information content (AvgIpc) is 3.46. The van der Waals surface area contributed by atoms with Crippen molar-refractivity contribution in [2.75, 3.05) is 32.7 Å². The maximum atomic E-state index is 12.7. The summed E-state index contributed by atoms with van der Waals surface area (Å²) in [5.74, 6) is 1.23. The van der Waals surface area contributed by atoms with Crippen LogP contribution in [0.15, 0.2) is 54.6 Å². The number of rotatable bonds is 5. The second-order valence-corrected chi connectivity index (χ2v) is 15.1. The Balaban J connectivity index is 1.13. The number of nitrogens with zero attached hydrogens (tertiary/aromatic N) is 3. The highest BCUT2D eigenvalue weighted by molar-refractivity contribution is 5.68. The monoisotopic (exact) mass is 571 g/mol. The molecule has 2 heterocycles. The van der Waals surface area contributed by atoms with Crippen molar-refractivity contribution in [3.63, 3.8) is 0 Å². The lowest BCUT2D eigenvalue weighted by Gasteiger charge is -2.58. The van der Waals surface area contributed by atoms with Crippen LogP contribution in [0.4, 0.5) is 4.79 Å². The van der Waals surface area contributed by atoms with E-state index in [1.807, 2.05) is 25.7 Å². The van der Waals surface area contributed by atoms with Crippen molar-refractivity contribution >= 4 is 6.09 Å². The minimum atomic E-state index is -0.432. The van der Waals surface area contributed by atoms with E-state index in [2.05, 4.69) is 78.2 Å². The summed E-state index contributed by atoms with van der Waals surface area (Å²) in [7, 11) is 0. The third kappa shape index (κ3) is 6.28. The van der Waals surface area contributed by atoms with Gasteiger partial charge in [0, 0.05) is 50.8 Å². The van der Waals surface area contributed by atoms with Crippen LogP contribution < -0.4 is 0 Å². The van der Waals surface area contributed by atoms with Gasteiger partial charge in [-0.05, 0) is 99.7 Å². The van der Waals surface area contributed by atoms with Gasteiger partial charge in [0.25, 0.3) is 0 Å². The van der Waals surface area contributed by atoms with Crippen LogP contribution in [0.1, 0.15) is 114 Å². The predicted octanol–water partition coefficient (Wildman–Crippen LogP) is 7.98. The summed E-state index contributed by atoms with van der Waals surface area (Å²) >= 11 is 0. The number of piperazine rings is 1. The summed E-state index contributed by atoms with van der Waals surface area (Å²) in [5.41, 5.74) is 4.56. The van der Waals surface area contributed by atoms with Crippen molar-refractivity contribution < 1.29 is 9.53 Å². The van der Waals surface area contributed by atoms with Gasteiger partial charge in [-0.3, -0.25) is 9.80 Å². The lowest BCUT2D eigenvalue weighted by molar-refractivity contribution is -0.0814. The highest BCUT2D eigenvalue weighted by Gasteiger charge is 2.51. The van der Waals surface area contributed by atoms with Crippen molar-refractivity contribution in [3.8, 4) is 0 Å². The summed E-state index contributed by atoms with van der Waals surface area (Å²) in [6, 6.07) is 22.3. The zero-order valence-electron chi connectivity index (χ0n) is 26.7. The van der Waals surface area contributed by atoms with Crippen molar-refractivity contribution in [2.24, 2.45) is 5.41 Å². The second kappa shape index (κ2) is 12.0. The fourth-order valence-electron chi connectivity index (χ4n) is 8.59. The average molecular weight is 572 g/mol. The van der Waals surface area contributed by atoms with Crippen LogP contribution in [-0.4, -0.2) is 71.2 Å². The standard InChI is InChI=1S/C37H53N3O2/c1-27(2)32-13-9-10-14-33(32)34-26-39(30-16-15-29(23-30)28-11-7-6-8-12-28)21-22-40(34)31-24-37(25-31)17-19-38(20-18-37)35(41)42-36(3,4)5/h6-14,27,29-31,34H,15-26H2,1-5H3. The topological polar surface area (TPSA) is 36.0 Å². The van der Waals surface area contributed by atoms with Crippen LogP contribution in [0.25, 0.3) is 0 Å². The Bertz CT molecular complexity index is 1210. The smallest absolute Gasteiger partial charge is 0.410 e. The van der Waals surface area contributed by atoms with Gasteiger partial charge in [0.15, 0.2) is 0 Å². The van der Waals surface area contributed by atoms with Gasteiger partial charge in [-0.1, -0.05) is 68.4 Å². The molecule has 0 bridgehead atoms. The number of hydrogen-bond acceptors (Lipinski definition) is 4. The largest absolute Gasteiger partial charge is 0.444 e. The quantitative estimate of drug-likeness (QED) is 0.365. The Labute approximate surface area is 254 Å². The van der Waals surface area contributed by atoms with E-state index in [1.165, 1.54) is 49.8 Å². The Hall–Kier alpha value is -2.37. The van der Waals surface area contributed by atoms with Crippen LogP contribution in [0.3, 0.4) is 0 Å². The van der Waals surface area contributed by atoms with Gasteiger partial charge in [0.1, 0.15) is 5.60 Å². The fourth-order valence-corrected chi connectivity index (χ4v) is 8.59. The molecule has 2 saturated carbocycles. The van der Waals surface area contributed by atoms with E-state index in [0.717, 1.165) is 39.0 Å². The molecule has 2 aromatic carbocycles. The van der Waals surface area contributed by atoms with E-state index in [0.29, 0.717) is 35.4 Å². The van der Waals surface area contributed by atoms with Gasteiger partial charge >= 0.3 is 6.09 Å². The van der Waals surface area contributed by atoms with E-state index >= 15 is 0 Å². The summed E-state index contributed by atoms with van der Waals surface area (Å²) < 4.78 is 5.66. The molecule has 1 spiro atoms. The van der Waals surface area contributed by atoms with E-state index in [-0.39, 0.29) is 6.09 Å². The molecular formula is C37H53N3O2. The maximum Gasteiger partial charge on any atom is 0.410 e. The van der Waals surface area contributed by atoms with Crippen molar-refractivity contribution in [1.29, 1.82) is 0 Å². The van der Waals surface area contributed by atoms with Gasteiger partial charge in [0.05, 0.1) is 0 Å². The molecule has 2 aliphatic carbocycles. The van der Waals surface area contributed by atoms with Crippen LogP contribution in [0.5, 0.6) is 0 Å². The third-order valence-corrected chi connectivity index (χ3v) is 10.9. The van der Waals surface area contributed by atoms with Crippen LogP contribution >= 0.6 is 0 Å². The first-order chi connectivity index (χ1) is 20.1. The molecule has 0 radical (unpaired) electrons. The number of piperidine rings is 1. The second-order valence-electron chi connectivity index (χ2n) is 15.1. The minimum absolute atomic E-state index is 0.142. The SMILES string of the molecule is CC(C)c1ccccc1C1CN(C2CCC(c3ccccc3)C2)CCN1C1CC2(CCN(C(=O)OC(C)(C)C)CC2)C1. The van der Waals surface area contributed by atoms with E-state index in [9.17, 15) is 4.79 Å². The number of benzene rings is 2. The molecule has 1 amide bonds. The summed E-state index contributed by atoms with van der Waals surface area (Å²) in [6.07, 6.45) is 8.55. The first-order valence-corrected chi connectivity index (χ1v) is 16.7. The lowest BCUT2D eigenvalue weighted by atomic mass is 9.59. The Morgan fingerprint density at radius 3 is 2.26 bits per heavy atom. The van der Waals surface area contributed by atoms with Gasteiger partial charge in [-0.2, -0.15) is 0 Å². The summed E-state index contributed by atoms with van der Waals surface area (Å²) in [5, 5.41) is 0. The third-order valence-electron chi connectivity index (χ3n) is 10.9. The molecule has 2 saturated heterocycles. The molecule has 5 heteroatoms. The van der Waals surface area contributed by atoms with Gasteiger partial charge < -0.3 is 9.64 Å².